The molecule has 110 valence electrons. The van der Waals surface area contributed by atoms with E-state index in [9.17, 15) is 8.42 Å². The van der Waals surface area contributed by atoms with Crippen LogP contribution in [0.5, 0.6) is 5.75 Å². The third-order valence-corrected chi connectivity index (χ3v) is 5.03. The molecule has 5 heteroatoms. The molecule has 1 fully saturated rings. The summed E-state index contributed by atoms with van der Waals surface area (Å²) in [5, 5.41) is 0. The third kappa shape index (κ3) is 2.83. The number of fused-ring (bicyclic) bond motifs is 1. The summed E-state index contributed by atoms with van der Waals surface area (Å²) in [7, 11) is -3.23. The smallest absolute Gasteiger partial charge is 0.209 e. The van der Waals surface area contributed by atoms with Gasteiger partial charge in [0.1, 0.15) is 11.4 Å². The summed E-state index contributed by atoms with van der Waals surface area (Å²) in [4.78, 5) is 0. The summed E-state index contributed by atoms with van der Waals surface area (Å²) >= 11 is 0. The van der Waals surface area contributed by atoms with Gasteiger partial charge in [0.25, 0.3) is 0 Å². The lowest BCUT2D eigenvalue weighted by Gasteiger charge is -2.44. The Kier molecular flexibility index (Phi) is 3.50. The van der Waals surface area contributed by atoms with Crippen molar-refractivity contribution in [3.8, 4) is 5.75 Å². The van der Waals surface area contributed by atoms with Crippen LogP contribution in [0.4, 0.5) is 0 Å². The Labute approximate surface area is 120 Å². The first-order valence-electron chi connectivity index (χ1n) is 7.23. The van der Waals surface area contributed by atoms with E-state index in [2.05, 4.69) is 4.72 Å². The summed E-state index contributed by atoms with van der Waals surface area (Å²) in [5.41, 5.74) is 0.767. The fourth-order valence-electron chi connectivity index (χ4n) is 3.48. The molecule has 1 aliphatic carbocycles. The molecule has 20 heavy (non-hydrogen) atoms. The second-order valence-electron chi connectivity index (χ2n) is 6.03. The Morgan fingerprint density at radius 3 is 2.60 bits per heavy atom. The number of sulfonamides is 1. The molecule has 0 amide bonds. The fourth-order valence-corrected chi connectivity index (χ4v) is 4.21. The van der Waals surface area contributed by atoms with E-state index < -0.39 is 10.0 Å². The van der Waals surface area contributed by atoms with E-state index in [1.165, 1.54) is 12.7 Å². The second-order valence-corrected chi connectivity index (χ2v) is 7.81. The Morgan fingerprint density at radius 1 is 1.20 bits per heavy atom. The lowest BCUT2D eigenvalue weighted by Crippen LogP contribution is -2.46. The molecule has 1 spiro atoms. The van der Waals surface area contributed by atoms with Gasteiger partial charge in [-0.2, -0.15) is 0 Å². The number of ether oxygens (including phenoxy) is 1. The van der Waals surface area contributed by atoms with Crippen LogP contribution in [0.15, 0.2) is 24.3 Å². The predicted molar refractivity (Wildman–Crippen MR) is 78.2 cm³/mol. The first-order chi connectivity index (χ1) is 9.48. The predicted octanol–water partition coefficient (Wildman–Crippen LogP) is 2.76. The lowest BCUT2D eigenvalue weighted by molar-refractivity contribution is 0.0000985. The zero-order valence-electron chi connectivity index (χ0n) is 11.8. The van der Waals surface area contributed by atoms with Crippen LogP contribution in [-0.4, -0.2) is 20.3 Å². The molecule has 1 aromatic carbocycles. The minimum absolute atomic E-state index is 0.173. The molecular formula is C15H21NO3S. The zero-order valence-corrected chi connectivity index (χ0v) is 12.6. The van der Waals surface area contributed by atoms with E-state index in [0.717, 1.165) is 43.4 Å². The first-order valence-corrected chi connectivity index (χ1v) is 9.12. The molecule has 1 atom stereocenters. The number of rotatable bonds is 2. The maximum atomic E-state index is 11.6. The highest BCUT2D eigenvalue weighted by atomic mass is 32.2. The fraction of sp³-hybridized carbons (Fsp3) is 0.600. The maximum absolute atomic E-state index is 11.6. The summed E-state index contributed by atoms with van der Waals surface area (Å²) < 4.78 is 32.3. The number of benzene rings is 1. The van der Waals surface area contributed by atoms with Crippen molar-refractivity contribution in [2.24, 2.45) is 0 Å². The molecule has 0 saturated heterocycles. The van der Waals surface area contributed by atoms with Crippen molar-refractivity contribution < 1.29 is 13.2 Å². The molecule has 4 nitrogen and oxygen atoms in total. The number of nitrogens with one attached hydrogen (secondary N) is 1. The monoisotopic (exact) mass is 295 g/mol. The van der Waals surface area contributed by atoms with Gasteiger partial charge in [0.15, 0.2) is 0 Å². The van der Waals surface area contributed by atoms with Crippen LogP contribution < -0.4 is 9.46 Å². The van der Waals surface area contributed by atoms with Crippen LogP contribution in [0.3, 0.4) is 0 Å². The Morgan fingerprint density at radius 2 is 1.90 bits per heavy atom. The van der Waals surface area contributed by atoms with Gasteiger partial charge in [-0.3, -0.25) is 0 Å². The lowest BCUT2D eigenvalue weighted by atomic mass is 9.77. The standard InChI is InChI=1S/C15H21NO3S/c1-20(17,18)16-13-11-15(9-5-2-6-10-15)19-14-8-4-3-7-12(13)14/h3-4,7-8,13,16H,2,5-6,9-11H2,1H3/t13-/m0/s1. The van der Waals surface area contributed by atoms with E-state index in [0.29, 0.717) is 0 Å². The summed E-state index contributed by atoms with van der Waals surface area (Å²) in [5.74, 6) is 0.835. The molecular weight excluding hydrogens is 274 g/mol. The van der Waals surface area contributed by atoms with E-state index in [-0.39, 0.29) is 11.6 Å². The molecule has 0 bridgehead atoms. The normalized spacial score (nSPS) is 24.9. The molecule has 2 aliphatic rings. The second kappa shape index (κ2) is 5.04. The van der Waals surface area contributed by atoms with Crippen LogP contribution in [-0.2, 0) is 10.0 Å². The van der Waals surface area contributed by atoms with Crippen LogP contribution in [0, 0.1) is 0 Å². The summed E-state index contributed by atoms with van der Waals surface area (Å²) in [6.45, 7) is 0. The van der Waals surface area contributed by atoms with E-state index in [1.807, 2.05) is 24.3 Å². The largest absolute Gasteiger partial charge is 0.487 e. The van der Waals surface area contributed by atoms with Crippen molar-refractivity contribution in [1.29, 1.82) is 0 Å². The van der Waals surface area contributed by atoms with E-state index in [4.69, 9.17) is 4.74 Å². The van der Waals surface area contributed by atoms with Crippen molar-refractivity contribution in [3.63, 3.8) is 0 Å². The molecule has 0 unspecified atom stereocenters. The Balaban J connectivity index is 1.96. The van der Waals surface area contributed by atoms with Crippen molar-refractivity contribution in [2.75, 3.05) is 6.26 Å². The molecule has 1 saturated carbocycles. The van der Waals surface area contributed by atoms with Crippen molar-refractivity contribution >= 4 is 10.0 Å². The highest BCUT2D eigenvalue weighted by Gasteiger charge is 2.42. The van der Waals surface area contributed by atoms with Gasteiger partial charge in [0.2, 0.25) is 10.0 Å². The van der Waals surface area contributed by atoms with Crippen LogP contribution in [0.2, 0.25) is 0 Å². The van der Waals surface area contributed by atoms with Gasteiger partial charge in [0, 0.05) is 12.0 Å². The van der Waals surface area contributed by atoms with Crippen molar-refractivity contribution in [1.82, 2.24) is 4.72 Å². The molecule has 3 rings (SSSR count). The average molecular weight is 295 g/mol. The molecule has 1 heterocycles. The number of hydrogen-bond donors (Lipinski definition) is 1. The van der Waals surface area contributed by atoms with Gasteiger partial charge in [-0.25, -0.2) is 13.1 Å². The highest BCUT2D eigenvalue weighted by molar-refractivity contribution is 7.88. The molecule has 1 N–H and O–H groups in total. The zero-order chi connectivity index (χ0) is 14.2. The van der Waals surface area contributed by atoms with Gasteiger partial charge in [-0.05, 0) is 31.7 Å². The van der Waals surface area contributed by atoms with Crippen LogP contribution in [0.25, 0.3) is 0 Å². The minimum Gasteiger partial charge on any atom is -0.487 e. The SMILES string of the molecule is CS(=O)(=O)N[C@H]1CC2(CCCCC2)Oc2ccccc21. The highest BCUT2D eigenvalue weighted by Crippen LogP contribution is 2.46. The Bertz CT molecular complexity index is 591. The Hall–Kier alpha value is -1.07. The van der Waals surface area contributed by atoms with Crippen LogP contribution >= 0.6 is 0 Å². The summed E-state index contributed by atoms with van der Waals surface area (Å²) in [6.07, 6.45) is 7.56. The quantitative estimate of drug-likeness (QED) is 0.912. The van der Waals surface area contributed by atoms with Gasteiger partial charge in [-0.1, -0.05) is 24.6 Å². The van der Waals surface area contributed by atoms with Crippen LogP contribution in [0.1, 0.15) is 50.1 Å². The van der Waals surface area contributed by atoms with Gasteiger partial charge >= 0.3 is 0 Å². The van der Waals surface area contributed by atoms with E-state index >= 15 is 0 Å². The first kappa shape index (κ1) is 13.9. The third-order valence-electron chi connectivity index (χ3n) is 4.32. The summed E-state index contributed by atoms with van der Waals surface area (Å²) in [6, 6.07) is 7.60. The van der Waals surface area contributed by atoms with Gasteiger partial charge in [-0.15, -0.1) is 0 Å². The number of hydrogen-bond acceptors (Lipinski definition) is 3. The maximum Gasteiger partial charge on any atom is 0.209 e. The van der Waals surface area contributed by atoms with E-state index in [1.54, 1.807) is 0 Å². The molecule has 0 aromatic heterocycles. The molecule has 0 radical (unpaired) electrons. The van der Waals surface area contributed by atoms with Gasteiger partial charge < -0.3 is 4.74 Å². The number of para-hydroxylation sites is 1. The molecule has 1 aromatic rings. The topological polar surface area (TPSA) is 55.4 Å². The minimum atomic E-state index is -3.23. The van der Waals surface area contributed by atoms with Gasteiger partial charge in [0.05, 0.1) is 12.3 Å². The van der Waals surface area contributed by atoms with Crippen molar-refractivity contribution in [2.45, 2.75) is 50.2 Å². The average Bonchev–Trinajstić information content (AvgIpc) is 2.37. The van der Waals surface area contributed by atoms with Crippen molar-refractivity contribution in [3.05, 3.63) is 29.8 Å². The molecule has 1 aliphatic heterocycles.